The van der Waals surface area contributed by atoms with E-state index in [0.29, 0.717) is 32.4 Å². The zero-order valence-corrected chi connectivity index (χ0v) is 24.3. The Bertz CT molecular complexity index is 1280. The van der Waals surface area contributed by atoms with Crippen LogP contribution in [0.15, 0.2) is 72.8 Å². The van der Waals surface area contributed by atoms with E-state index in [1.807, 2.05) is 57.2 Å². The predicted octanol–water partition coefficient (Wildman–Crippen LogP) is 7.09. The second kappa shape index (κ2) is 13.5. The third kappa shape index (κ3) is 8.10. The van der Waals surface area contributed by atoms with Crippen LogP contribution in [0.5, 0.6) is 5.75 Å². The van der Waals surface area contributed by atoms with Gasteiger partial charge in [0.05, 0.1) is 7.11 Å². The van der Waals surface area contributed by atoms with Crippen molar-refractivity contribution in [2.45, 2.75) is 65.0 Å². The van der Waals surface area contributed by atoms with Gasteiger partial charge in [0.15, 0.2) is 5.78 Å². The summed E-state index contributed by atoms with van der Waals surface area (Å²) in [5.74, 6) is 0.969. The third-order valence-electron chi connectivity index (χ3n) is 7.19. The molecule has 40 heavy (non-hydrogen) atoms. The highest BCUT2D eigenvalue weighted by molar-refractivity contribution is 5.96. The molecule has 0 unspecified atom stereocenters. The molecule has 0 spiro atoms. The lowest BCUT2D eigenvalue weighted by Gasteiger charge is -2.27. The molecule has 6 nitrogen and oxygen atoms in total. The first-order valence-electron chi connectivity index (χ1n) is 14.3. The van der Waals surface area contributed by atoms with E-state index >= 15 is 0 Å². The van der Waals surface area contributed by atoms with Gasteiger partial charge in [0.1, 0.15) is 11.4 Å². The summed E-state index contributed by atoms with van der Waals surface area (Å²) < 4.78 is 11.1. The van der Waals surface area contributed by atoms with Gasteiger partial charge in [-0.25, -0.2) is 4.79 Å². The monoisotopic (exact) mass is 542 g/mol. The molecule has 4 rings (SSSR count). The summed E-state index contributed by atoms with van der Waals surface area (Å²) in [5, 5.41) is 0. The zero-order chi connectivity index (χ0) is 28.5. The maximum Gasteiger partial charge on any atom is 0.410 e. The number of anilines is 1. The van der Waals surface area contributed by atoms with Crippen LogP contribution in [0.3, 0.4) is 0 Å². The molecule has 1 aliphatic rings. The third-order valence-corrected chi connectivity index (χ3v) is 7.19. The molecular weight excluding hydrogens is 500 g/mol. The van der Waals surface area contributed by atoms with E-state index in [0.717, 1.165) is 42.8 Å². The fourth-order valence-electron chi connectivity index (χ4n) is 5.13. The van der Waals surface area contributed by atoms with E-state index in [2.05, 4.69) is 41.3 Å². The summed E-state index contributed by atoms with van der Waals surface area (Å²) in [4.78, 5) is 30.1. The lowest BCUT2D eigenvalue weighted by molar-refractivity contribution is 0.0249. The highest BCUT2D eigenvalue weighted by Crippen LogP contribution is 2.30. The molecule has 0 saturated carbocycles. The fourth-order valence-corrected chi connectivity index (χ4v) is 5.13. The van der Waals surface area contributed by atoms with Crippen LogP contribution in [0.4, 0.5) is 10.5 Å². The fraction of sp³-hybridized carbons (Fsp3) is 0.412. The summed E-state index contributed by atoms with van der Waals surface area (Å²) in [6.45, 7) is 8.53. The van der Waals surface area contributed by atoms with Crippen LogP contribution in [-0.2, 0) is 24.1 Å². The molecule has 0 saturated heterocycles. The van der Waals surface area contributed by atoms with Crippen LogP contribution in [0.25, 0.3) is 0 Å². The molecule has 3 aromatic carbocycles. The Hall–Kier alpha value is -3.80. The van der Waals surface area contributed by atoms with E-state index < -0.39 is 5.60 Å². The molecule has 0 aliphatic carbocycles. The van der Waals surface area contributed by atoms with E-state index in [1.54, 1.807) is 12.0 Å². The van der Waals surface area contributed by atoms with Gasteiger partial charge in [0.2, 0.25) is 0 Å². The van der Waals surface area contributed by atoms with Crippen molar-refractivity contribution in [1.82, 2.24) is 4.90 Å². The van der Waals surface area contributed by atoms with E-state index in [9.17, 15) is 9.59 Å². The normalized spacial score (nSPS) is 12.7. The van der Waals surface area contributed by atoms with Crippen molar-refractivity contribution in [3.8, 4) is 5.75 Å². The number of Topliss-reactive ketones (excluding diaryl/α,β-unsaturated/α-hetero) is 1. The van der Waals surface area contributed by atoms with Gasteiger partial charge in [-0.15, -0.1) is 0 Å². The Morgan fingerprint density at radius 2 is 1.68 bits per heavy atom. The summed E-state index contributed by atoms with van der Waals surface area (Å²) in [7, 11) is 1.66. The Balaban J connectivity index is 1.30. The van der Waals surface area contributed by atoms with Gasteiger partial charge in [0.25, 0.3) is 0 Å². The number of benzene rings is 3. The van der Waals surface area contributed by atoms with Gasteiger partial charge < -0.3 is 19.3 Å². The van der Waals surface area contributed by atoms with Gasteiger partial charge in [-0.05, 0) is 87.4 Å². The number of unbranched alkanes of at least 4 members (excludes halogenated alkanes) is 1. The van der Waals surface area contributed by atoms with Crippen molar-refractivity contribution in [2.75, 3.05) is 31.6 Å². The van der Waals surface area contributed by atoms with Crippen LogP contribution < -0.4 is 9.64 Å². The molecule has 6 heteroatoms. The Kier molecular flexibility index (Phi) is 9.86. The molecule has 0 radical (unpaired) electrons. The molecule has 1 aliphatic heterocycles. The summed E-state index contributed by atoms with van der Waals surface area (Å²) in [6, 6.07) is 24.5. The summed E-state index contributed by atoms with van der Waals surface area (Å²) >= 11 is 0. The number of methoxy groups -OCH3 is 1. The first kappa shape index (κ1) is 29.2. The van der Waals surface area contributed by atoms with Crippen molar-refractivity contribution in [2.24, 2.45) is 0 Å². The number of rotatable bonds is 12. The second-order valence-corrected chi connectivity index (χ2v) is 11.4. The number of carbonyl (C=O) groups excluding carboxylic acids is 2. The molecule has 1 heterocycles. The minimum atomic E-state index is -0.569. The van der Waals surface area contributed by atoms with E-state index in [-0.39, 0.29) is 11.9 Å². The summed E-state index contributed by atoms with van der Waals surface area (Å²) in [5.41, 5.74) is 5.02. The van der Waals surface area contributed by atoms with E-state index in [4.69, 9.17) is 9.47 Å². The second-order valence-electron chi connectivity index (χ2n) is 11.4. The van der Waals surface area contributed by atoms with Crippen LogP contribution in [0.1, 0.15) is 67.1 Å². The quantitative estimate of drug-likeness (QED) is 0.181. The topological polar surface area (TPSA) is 59.1 Å². The van der Waals surface area contributed by atoms with Gasteiger partial charge in [-0.1, -0.05) is 48.5 Å². The van der Waals surface area contributed by atoms with E-state index in [1.165, 1.54) is 16.8 Å². The minimum Gasteiger partial charge on any atom is -0.496 e. The number of hydrogen-bond acceptors (Lipinski definition) is 5. The minimum absolute atomic E-state index is 0.155. The Labute approximate surface area is 238 Å². The van der Waals surface area contributed by atoms with Crippen LogP contribution >= 0.6 is 0 Å². The molecule has 1 amide bonds. The first-order valence-corrected chi connectivity index (χ1v) is 14.3. The van der Waals surface area contributed by atoms with Crippen LogP contribution in [0, 0.1) is 0 Å². The lowest BCUT2D eigenvalue weighted by Crippen LogP contribution is -2.38. The lowest BCUT2D eigenvalue weighted by atomic mass is 10.0. The van der Waals surface area contributed by atoms with Gasteiger partial charge in [-0.3, -0.25) is 4.79 Å². The van der Waals surface area contributed by atoms with Crippen molar-refractivity contribution in [3.05, 3.63) is 95.1 Å². The largest absolute Gasteiger partial charge is 0.496 e. The van der Waals surface area contributed by atoms with Crippen molar-refractivity contribution in [1.29, 1.82) is 0 Å². The average Bonchev–Trinajstić information content (AvgIpc) is 3.34. The zero-order valence-electron chi connectivity index (χ0n) is 24.3. The molecule has 0 fully saturated rings. The van der Waals surface area contributed by atoms with Gasteiger partial charge >= 0.3 is 6.09 Å². The molecule has 0 aromatic heterocycles. The SMILES string of the molecule is COc1ccccc1CCN(CCCCC(=O)c1ccc2c(c1)CCN2Cc1ccccc1)C(=O)OC(C)(C)C. The number of hydrogen-bond donors (Lipinski definition) is 0. The van der Waals surface area contributed by atoms with Crippen molar-refractivity contribution in [3.63, 3.8) is 0 Å². The first-order chi connectivity index (χ1) is 19.2. The number of para-hydroxylation sites is 1. The standard InChI is InChI=1S/C34H42N2O4/c1-34(2,3)40-33(38)35(22-19-27-14-8-9-16-32(27)39-4)21-11-10-15-31(37)29-17-18-30-28(24-29)20-23-36(30)25-26-12-6-5-7-13-26/h5-9,12-14,16-18,24H,10-11,15,19-23,25H2,1-4H3. The predicted molar refractivity (Wildman–Crippen MR) is 160 cm³/mol. The highest BCUT2D eigenvalue weighted by atomic mass is 16.6. The highest BCUT2D eigenvalue weighted by Gasteiger charge is 2.23. The van der Waals surface area contributed by atoms with Crippen LogP contribution in [0.2, 0.25) is 0 Å². The maximum atomic E-state index is 13.0. The van der Waals surface area contributed by atoms with Crippen molar-refractivity contribution < 1.29 is 19.1 Å². The van der Waals surface area contributed by atoms with Crippen LogP contribution in [-0.4, -0.2) is 49.1 Å². The summed E-state index contributed by atoms with van der Waals surface area (Å²) in [6.07, 6.45) is 3.20. The number of fused-ring (bicyclic) bond motifs is 1. The number of nitrogens with zero attached hydrogens (tertiary/aromatic N) is 2. The smallest absolute Gasteiger partial charge is 0.410 e. The number of ketones is 1. The van der Waals surface area contributed by atoms with Gasteiger partial charge in [-0.2, -0.15) is 0 Å². The number of amides is 1. The molecule has 212 valence electrons. The van der Waals surface area contributed by atoms with Crippen molar-refractivity contribution >= 4 is 17.6 Å². The Morgan fingerprint density at radius 1 is 0.925 bits per heavy atom. The maximum absolute atomic E-state index is 13.0. The molecule has 0 N–H and O–H groups in total. The Morgan fingerprint density at radius 3 is 2.42 bits per heavy atom. The average molecular weight is 543 g/mol. The molecule has 3 aromatic rings. The molecule has 0 bridgehead atoms. The molecular formula is C34H42N2O4. The number of carbonyl (C=O) groups is 2. The molecule has 0 atom stereocenters. The van der Waals surface area contributed by atoms with Gasteiger partial charge in [0, 0.05) is 43.9 Å². The number of ether oxygens (including phenoxy) is 2.